The van der Waals surface area contributed by atoms with E-state index < -0.39 is 10.8 Å². The van der Waals surface area contributed by atoms with Crippen molar-refractivity contribution in [3.05, 3.63) is 17.5 Å². The molecule has 0 amide bonds. The van der Waals surface area contributed by atoms with Crippen molar-refractivity contribution in [2.45, 2.75) is 19.4 Å². The second-order valence-corrected chi connectivity index (χ2v) is 5.28. The van der Waals surface area contributed by atoms with Crippen LogP contribution in [0.4, 0.5) is 5.82 Å². The van der Waals surface area contributed by atoms with E-state index >= 15 is 0 Å². The zero-order valence-electron chi connectivity index (χ0n) is 8.74. The van der Waals surface area contributed by atoms with Gasteiger partial charge in [-0.05, 0) is 13.3 Å². The van der Waals surface area contributed by atoms with Crippen LogP contribution < -0.4 is 5.32 Å². The third-order valence-corrected chi connectivity index (χ3v) is 2.83. The molecule has 2 atom stereocenters. The molecule has 4 nitrogen and oxygen atoms in total. The summed E-state index contributed by atoms with van der Waals surface area (Å²) in [5, 5.41) is 3.51. The van der Waals surface area contributed by atoms with Gasteiger partial charge < -0.3 is 5.32 Å². The van der Waals surface area contributed by atoms with Gasteiger partial charge in [-0.2, -0.15) is 0 Å². The minimum absolute atomic E-state index is 0.210. The van der Waals surface area contributed by atoms with Crippen molar-refractivity contribution in [1.82, 2.24) is 9.97 Å². The van der Waals surface area contributed by atoms with Crippen LogP contribution in [0.1, 0.15) is 13.3 Å². The van der Waals surface area contributed by atoms with Crippen LogP contribution in [0, 0.1) is 0 Å². The Morgan fingerprint density at radius 3 is 2.93 bits per heavy atom. The molecule has 15 heavy (non-hydrogen) atoms. The lowest BCUT2D eigenvalue weighted by molar-refractivity contribution is 0.678. The van der Waals surface area contributed by atoms with Crippen molar-refractivity contribution in [3.8, 4) is 0 Å². The van der Waals surface area contributed by atoms with Gasteiger partial charge in [-0.15, -0.1) is 0 Å². The average Bonchev–Trinajstić information content (AvgIpc) is 2.15. The molecular formula is C9H14ClN3OS. The summed E-state index contributed by atoms with van der Waals surface area (Å²) < 4.78 is 10.9. The van der Waals surface area contributed by atoms with E-state index in [0.29, 0.717) is 16.7 Å². The Morgan fingerprint density at radius 2 is 2.33 bits per heavy atom. The van der Waals surface area contributed by atoms with Crippen LogP contribution >= 0.6 is 11.6 Å². The molecule has 0 spiro atoms. The normalized spacial score (nSPS) is 14.6. The Morgan fingerprint density at radius 1 is 1.60 bits per heavy atom. The maximum absolute atomic E-state index is 10.9. The molecule has 1 rings (SSSR count). The largest absolute Gasteiger partial charge is 0.366 e. The van der Waals surface area contributed by atoms with Crippen LogP contribution in [-0.2, 0) is 10.8 Å². The van der Waals surface area contributed by atoms with Gasteiger partial charge in [-0.3, -0.25) is 9.19 Å². The number of nitrogens with one attached hydrogen (secondary N) is 1. The van der Waals surface area contributed by atoms with Crippen molar-refractivity contribution >= 4 is 28.2 Å². The van der Waals surface area contributed by atoms with Gasteiger partial charge in [0.15, 0.2) is 0 Å². The molecule has 0 bridgehead atoms. The number of halogens is 1. The number of rotatable bonds is 5. The van der Waals surface area contributed by atoms with E-state index in [9.17, 15) is 4.21 Å². The zero-order valence-corrected chi connectivity index (χ0v) is 10.3. The topological polar surface area (TPSA) is 54.9 Å². The van der Waals surface area contributed by atoms with E-state index in [-0.39, 0.29) is 6.04 Å². The van der Waals surface area contributed by atoms with E-state index in [1.807, 2.05) is 6.92 Å². The van der Waals surface area contributed by atoms with Gasteiger partial charge in [0.1, 0.15) is 11.0 Å². The highest BCUT2D eigenvalue weighted by atomic mass is 35.5. The van der Waals surface area contributed by atoms with E-state index in [0.717, 1.165) is 6.42 Å². The number of nitrogens with zero attached hydrogens (tertiary/aromatic N) is 2. The summed E-state index contributed by atoms with van der Waals surface area (Å²) in [6, 6.07) is 0.210. The summed E-state index contributed by atoms with van der Waals surface area (Å²) >= 11 is 5.69. The first-order chi connectivity index (χ1) is 7.08. The molecule has 1 N–H and O–H groups in total. The summed E-state index contributed by atoms with van der Waals surface area (Å²) in [6.07, 6.45) is 5.63. The Hall–Kier alpha value is -0.680. The third-order valence-electron chi connectivity index (χ3n) is 1.84. The molecule has 1 aromatic heterocycles. The highest BCUT2D eigenvalue weighted by Gasteiger charge is 2.04. The molecular weight excluding hydrogens is 234 g/mol. The predicted octanol–water partition coefficient (Wildman–Crippen LogP) is 1.70. The van der Waals surface area contributed by atoms with Crippen LogP contribution in [0.5, 0.6) is 0 Å². The van der Waals surface area contributed by atoms with Gasteiger partial charge in [0.2, 0.25) is 0 Å². The van der Waals surface area contributed by atoms with Gasteiger partial charge in [0, 0.05) is 28.9 Å². The van der Waals surface area contributed by atoms with Crippen LogP contribution in [0.3, 0.4) is 0 Å². The molecule has 1 heterocycles. The molecule has 1 aromatic rings. The summed E-state index contributed by atoms with van der Waals surface area (Å²) in [5.74, 6) is 1.33. The SMILES string of the molecule is CC(CCS(C)=O)Nc1cncc(Cl)n1. The molecule has 2 unspecified atom stereocenters. The first-order valence-corrected chi connectivity index (χ1v) is 6.72. The number of hydrogen-bond donors (Lipinski definition) is 1. The fourth-order valence-corrected chi connectivity index (χ4v) is 1.91. The number of hydrogen-bond acceptors (Lipinski definition) is 4. The first kappa shape index (κ1) is 12.4. The van der Waals surface area contributed by atoms with Gasteiger partial charge in [0.05, 0.1) is 12.4 Å². The van der Waals surface area contributed by atoms with E-state index in [2.05, 4.69) is 15.3 Å². The molecule has 0 aromatic carbocycles. The number of aromatic nitrogens is 2. The highest BCUT2D eigenvalue weighted by Crippen LogP contribution is 2.09. The lowest BCUT2D eigenvalue weighted by Crippen LogP contribution is -2.18. The van der Waals surface area contributed by atoms with Crippen molar-refractivity contribution < 1.29 is 4.21 Å². The Kier molecular flexibility index (Phi) is 4.98. The van der Waals surface area contributed by atoms with E-state index in [1.54, 1.807) is 12.5 Å². The molecule has 0 aliphatic carbocycles. The average molecular weight is 248 g/mol. The first-order valence-electron chi connectivity index (χ1n) is 4.62. The Labute approximate surface area is 96.9 Å². The number of anilines is 1. The summed E-state index contributed by atoms with van der Waals surface area (Å²) in [5.41, 5.74) is 0. The van der Waals surface area contributed by atoms with Crippen molar-refractivity contribution in [2.75, 3.05) is 17.3 Å². The Bertz CT molecular complexity index is 348. The monoisotopic (exact) mass is 247 g/mol. The summed E-state index contributed by atoms with van der Waals surface area (Å²) in [7, 11) is -0.751. The second-order valence-electron chi connectivity index (χ2n) is 3.34. The molecule has 6 heteroatoms. The zero-order chi connectivity index (χ0) is 11.3. The minimum Gasteiger partial charge on any atom is -0.366 e. The maximum Gasteiger partial charge on any atom is 0.149 e. The lowest BCUT2D eigenvalue weighted by Gasteiger charge is -2.13. The van der Waals surface area contributed by atoms with E-state index in [1.165, 1.54) is 6.20 Å². The maximum atomic E-state index is 10.9. The summed E-state index contributed by atoms with van der Waals surface area (Å²) in [6.45, 7) is 2.01. The fraction of sp³-hybridized carbons (Fsp3) is 0.556. The Balaban J connectivity index is 2.44. The van der Waals surface area contributed by atoms with Crippen LogP contribution in [0.15, 0.2) is 12.4 Å². The second kappa shape index (κ2) is 6.02. The minimum atomic E-state index is -0.751. The van der Waals surface area contributed by atoms with Crippen LogP contribution in [0.25, 0.3) is 0 Å². The van der Waals surface area contributed by atoms with Crippen LogP contribution in [-0.4, -0.2) is 32.2 Å². The molecule has 84 valence electrons. The van der Waals surface area contributed by atoms with Crippen molar-refractivity contribution in [1.29, 1.82) is 0 Å². The van der Waals surface area contributed by atoms with Gasteiger partial charge in [0.25, 0.3) is 0 Å². The smallest absolute Gasteiger partial charge is 0.149 e. The highest BCUT2D eigenvalue weighted by molar-refractivity contribution is 7.84. The molecule has 0 aliphatic rings. The molecule has 0 fully saturated rings. The summed E-state index contributed by atoms with van der Waals surface area (Å²) in [4.78, 5) is 7.97. The van der Waals surface area contributed by atoms with Gasteiger partial charge >= 0.3 is 0 Å². The van der Waals surface area contributed by atoms with E-state index in [4.69, 9.17) is 11.6 Å². The van der Waals surface area contributed by atoms with Crippen molar-refractivity contribution in [3.63, 3.8) is 0 Å². The van der Waals surface area contributed by atoms with Gasteiger partial charge in [-0.25, -0.2) is 4.98 Å². The standard InChI is InChI=1S/C9H14ClN3OS/c1-7(3-4-15(2)14)12-9-6-11-5-8(10)13-9/h5-7H,3-4H2,1-2H3,(H,12,13). The third kappa shape index (κ3) is 5.09. The molecule has 0 radical (unpaired) electrons. The lowest BCUT2D eigenvalue weighted by atomic mass is 10.2. The fourth-order valence-electron chi connectivity index (χ4n) is 1.08. The molecule has 0 aliphatic heterocycles. The van der Waals surface area contributed by atoms with Crippen molar-refractivity contribution in [2.24, 2.45) is 0 Å². The van der Waals surface area contributed by atoms with Gasteiger partial charge in [-0.1, -0.05) is 11.6 Å². The molecule has 0 saturated carbocycles. The molecule has 0 saturated heterocycles. The van der Waals surface area contributed by atoms with Crippen LogP contribution in [0.2, 0.25) is 5.15 Å². The predicted molar refractivity (Wildman–Crippen MR) is 63.7 cm³/mol. The quantitative estimate of drug-likeness (QED) is 0.861.